The number of carbonyl (C=O) groups excluding carboxylic acids is 1. The summed E-state index contributed by atoms with van der Waals surface area (Å²) >= 11 is 1.28. The van der Waals surface area contributed by atoms with Crippen molar-refractivity contribution in [1.82, 2.24) is 15.2 Å². The molecule has 0 spiro atoms. The molecule has 5 nitrogen and oxygen atoms in total. The van der Waals surface area contributed by atoms with Gasteiger partial charge in [-0.25, -0.2) is 4.98 Å². The number of carbonyl (C=O) groups is 1. The van der Waals surface area contributed by atoms with Gasteiger partial charge in [0.1, 0.15) is 5.69 Å². The summed E-state index contributed by atoms with van der Waals surface area (Å²) in [6.45, 7) is 5.01. The van der Waals surface area contributed by atoms with Crippen molar-refractivity contribution >= 4 is 22.4 Å². The molecular formula is C13H24N4OS. The van der Waals surface area contributed by atoms with E-state index >= 15 is 0 Å². The van der Waals surface area contributed by atoms with Gasteiger partial charge in [-0.05, 0) is 20.0 Å². The lowest BCUT2D eigenvalue weighted by atomic mass is 9.93. The highest BCUT2D eigenvalue weighted by Gasteiger charge is 2.21. The minimum atomic E-state index is -0.147. The Morgan fingerprint density at radius 3 is 2.53 bits per heavy atom. The second-order valence-corrected chi connectivity index (χ2v) is 5.78. The Morgan fingerprint density at radius 2 is 2.11 bits per heavy atom. The minimum Gasteiger partial charge on any atom is -0.375 e. The molecule has 0 fully saturated rings. The molecule has 1 aromatic rings. The van der Waals surface area contributed by atoms with Crippen LogP contribution in [0, 0.1) is 5.92 Å². The number of thiazole rings is 1. The molecule has 1 heterocycles. The predicted octanol–water partition coefficient (Wildman–Crippen LogP) is 1.82. The highest BCUT2D eigenvalue weighted by Crippen LogP contribution is 2.17. The largest absolute Gasteiger partial charge is 0.375 e. The van der Waals surface area contributed by atoms with E-state index in [1.54, 1.807) is 5.38 Å². The molecule has 0 aliphatic heterocycles. The van der Waals surface area contributed by atoms with E-state index < -0.39 is 0 Å². The standard InChI is InChI=1S/C13H24N4OS/c1-5-9(6-2)11(17(3)4)7-15-12(18)10-8-19-13(14)16-10/h8-9,11H,5-7H2,1-4H3,(H2,14,16)(H,15,18). The number of nitrogen functional groups attached to an aromatic ring is 1. The smallest absolute Gasteiger partial charge is 0.270 e. The number of aromatic nitrogens is 1. The lowest BCUT2D eigenvalue weighted by Crippen LogP contribution is -2.44. The van der Waals surface area contributed by atoms with Crippen LogP contribution in [0.3, 0.4) is 0 Å². The normalized spacial score (nSPS) is 12.9. The third-order valence-corrected chi connectivity index (χ3v) is 4.16. The molecule has 1 amide bonds. The lowest BCUT2D eigenvalue weighted by Gasteiger charge is -2.31. The number of nitrogens with two attached hydrogens (primary N) is 1. The maximum Gasteiger partial charge on any atom is 0.270 e. The van der Waals surface area contributed by atoms with Gasteiger partial charge in [0.15, 0.2) is 5.13 Å². The summed E-state index contributed by atoms with van der Waals surface area (Å²) in [7, 11) is 4.10. The van der Waals surface area contributed by atoms with E-state index in [1.165, 1.54) is 11.3 Å². The summed E-state index contributed by atoms with van der Waals surface area (Å²) in [5.74, 6) is 0.432. The van der Waals surface area contributed by atoms with Crippen molar-refractivity contribution < 1.29 is 4.79 Å². The van der Waals surface area contributed by atoms with Crippen molar-refractivity contribution in [1.29, 1.82) is 0 Å². The van der Waals surface area contributed by atoms with Crippen molar-refractivity contribution in [2.24, 2.45) is 5.92 Å². The Hall–Kier alpha value is -1.14. The molecule has 108 valence electrons. The van der Waals surface area contributed by atoms with Gasteiger partial charge in [-0.15, -0.1) is 11.3 Å². The second kappa shape index (κ2) is 7.45. The van der Waals surface area contributed by atoms with Gasteiger partial charge >= 0.3 is 0 Å². The number of anilines is 1. The average Bonchev–Trinajstić information content (AvgIpc) is 2.80. The van der Waals surface area contributed by atoms with Crippen LogP contribution in [0.15, 0.2) is 5.38 Å². The van der Waals surface area contributed by atoms with E-state index in [9.17, 15) is 4.79 Å². The van der Waals surface area contributed by atoms with Crippen LogP contribution in [-0.4, -0.2) is 42.5 Å². The second-order valence-electron chi connectivity index (χ2n) is 4.89. The van der Waals surface area contributed by atoms with Crippen LogP contribution < -0.4 is 11.1 Å². The molecule has 0 saturated heterocycles. The molecule has 1 aromatic heterocycles. The van der Waals surface area contributed by atoms with Gasteiger partial charge in [0, 0.05) is 18.0 Å². The predicted molar refractivity (Wildman–Crippen MR) is 80.4 cm³/mol. The summed E-state index contributed by atoms with van der Waals surface area (Å²) in [5, 5.41) is 5.06. The van der Waals surface area contributed by atoms with Gasteiger partial charge < -0.3 is 16.0 Å². The highest BCUT2D eigenvalue weighted by atomic mass is 32.1. The summed E-state index contributed by atoms with van der Waals surface area (Å²) < 4.78 is 0. The summed E-state index contributed by atoms with van der Waals surface area (Å²) in [5.41, 5.74) is 5.94. The lowest BCUT2D eigenvalue weighted by molar-refractivity contribution is 0.0924. The van der Waals surface area contributed by atoms with Gasteiger partial charge in [-0.1, -0.05) is 26.7 Å². The molecule has 1 unspecified atom stereocenters. The van der Waals surface area contributed by atoms with Crippen molar-refractivity contribution in [3.63, 3.8) is 0 Å². The first-order valence-corrected chi connectivity index (χ1v) is 7.53. The van der Waals surface area contributed by atoms with Crippen LogP contribution in [0.5, 0.6) is 0 Å². The third kappa shape index (κ3) is 4.47. The molecule has 0 aliphatic carbocycles. The van der Waals surface area contributed by atoms with Crippen LogP contribution in [0.4, 0.5) is 5.13 Å². The van der Waals surface area contributed by atoms with E-state index in [2.05, 4.69) is 43.1 Å². The molecular weight excluding hydrogens is 260 g/mol. The van der Waals surface area contributed by atoms with E-state index in [1.807, 2.05) is 0 Å². The molecule has 3 N–H and O–H groups in total. The van der Waals surface area contributed by atoms with Crippen molar-refractivity contribution in [2.45, 2.75) is 32.7 Å². The van der Waals surface area contributed by atoms with Crippen molar-refractivity contribution in [2.75, 3.05) is 26.4 Å². The quantitative estimate of drug-likeness (QED) is 0.801. The SMILES string of the molecule is CCC(CC)C(CNC(=O)c1csc(N)n1)N(C)C. The molecule has 0 saturated carbocycles. The number of likely N-dealkylation sites (N-methyl/N-ethyl adjacent to an activating group) is 1. The van der Waals surface area contributed by atoms with Crippen LogP contribution in [0.25, 0.3) is 0 Å². The fraction of sp³-hybridized carbons (Fsp3) is 0.692. The fourth-order valence-corrected chi connectivity index (χ4v) is 2.83. The zero-order chi connectivity index (χ0) is 14.4. The molecule has 1 rings (SSSR count). The van der Waals surface area contributed by atoms with E-state index in [0.29, 0.717) is 29.3 Å². The fourth-order valence-electron chi connectivity index (χ4n) is 2.28. The first-order chi connectivity index (χ1) is 8.99. The molecule has 1 atom stereocenters. The number of hydrogen-bond donors (Lipinski definition) is 2. The Kier molecular flexibility index (Phi) is 6.24. The Morgan fingerprint density at radius 1 is 1.47 bits per heavy atom. The van der Waals surface area contributed by atoms with Gasteiger partial charge in [0.05, 0.1) is 0 Å². The molecule has 0 bridgehead atoms. The Bertz CT molecular complexity index is 401. The van der Waals surface area contributed by atoms with Gasteiger partial charge in [0.25, 0.3) is 5.91 Å². The van der Waals surface area contributed by atoms with Crippen LogP contribution in [-0.2, 0) is 0 Å². The van der Waals surface area contributed by atoms with E-state index in [-0.39, 0.29) is 5.91 Å². The van der Waals surface area contributed by atoms with E-state index in [4.69, 9.17) is 5.73 Å². The molecule has 0 aliphatic rings. The van der Waals surface area contributed by atoms with E-state index in [0.717, 1.165) is 12.8 Å². The number of rotatable bonds is 7. The zero-order valence-corrected chi connectivity index (χ0v) is 13.0. The minimum absolute atomic E-state index is 0.147. The highest BCUT2D eigenvalue weighted by molar-refractivity contribution is 7.13. The van der Waals surface area contributed by atoms with Crippen LogP contribution in [0.2, 0.25) is 0 Å². The molecule has 0 radical (unpaired) electrons. The molecule has 0 aromatic carbocycles. The first kappa shape index (κ1) is 15.9. The maximum atomic E-state index is 11.9. The van der Waals surface area contributed by atoms with Gasteiger partial charge in [0.2, 0.25) is 0 Å². The number of nitrogens with zero attached hydrogens (tertiary/aromatic N) is 2. The Balaban J connectivity index is 2.59. The molecule has 19 heavy (non-hydrogen) atoms. The monoisotopic (exact) mass is 284 g/mol. The third-order valence-electron chi connectivity index (χ3n) is 3.48. The number of nitrogens with one attached hydrogen (secondary N) is 1. The first-order valence-electron chi connectivity index (χ1n) is 6.65. The van der Waals surface area contributed by atoms with Gasteiger partial charge in [-0.2, -0.15) is 0 Å². The zero-order valence-electron chi connectivity index (χ0n) is 12.1. The maximum absolute atomic E-state index is 11.9. The number of amides is 1. The van der Waals surface area contributed by atoms with Crippen molar-refractivity contribution in [3.05, 3.63) is 11.1 Å². The van der Waals surface area contributed by atoms with Crippen molar-refractivity contribution in [3.8, 4) is 0 Å². The van der Waals surface area contributed by atoms with Crippen LogP contribution >= 0.6 is 11.3 Å². The summed E-state index contributed by atoms with van der Waals surface area (Å²) in [6, 6.07) is 0.343. The average molecular weight is 284 g/mol. The van der Waals surface area contributed by atoms with Crippen LogP contribution in [0.1, 0.15) is 37.2 Å². The summed E-state index contributed by atoms with van der Waals surface area (Å²) in [4.78, 5) is 18.1. The van der Waals surface area contributed by atoms with Gasteiger partial charge in [-0.3, -0.25) is 4.79 Å². The topological polar surface area (TPSA) is 71.2 Å². The Labute approximate surface area is 119 Å². The number of hydrogen-bond acceptors (Lipinski definition) is 5. The molecule has 6 heteroatoms. The summed E-state index contributed by atoms with van der Waals surface area (Å²) in [6.07, 6.45) is 2.22.